The Hall–Kier alpha value is -1.39. The lowest BCUT2D eigenvalue weighted by molar-refractivity contribution is -0.149. The van der Waals surface area contributed by atoms with E-state index >= 15 is 0 Å². The highest BCUT2D eigenvalue weighted by molar-refractivity contribution is 5.95. The molecule has 2 amide bonds. The Kier molecular flexibility index (Phi) is 8.49. The number of nitrogens with zero attached hydrogens (tertiary/aromatic N) is 2. The van der Waals surface area contributed by atoms with E-state index in [0.717, 1.165) is 19.3 Å². The first kappa shape index (κ1) is 23.6. The summed E-state index contributed by atoms with van der Waals surface area (Å²) in [6, 6.07) is -0.868. The smallest absolute Gasteiger partial charge is 0.245 e. The molecule has 5 nitrogen and oxygen atoms in total. The lowest BCUT2D eigenvalue weighted by Crippen LogP contribution is -2.54. The molecule has 1 rings (SSSR count). The van der Waals surface area contributed by atoms with Gasteiger partial charge in [0.1, 0.15) is 6.04 Å². The van der Waals surface area contributed by atoms with E-state index in [4.69, 9.17) is 0 Å². The predicted molar refractivity (Wildman–Crippen MR) is 109 cm³/mol. The van der Waals surface area contributed by atoms with Crippen LogP contribution in [-0.4, -0.2) is 53.1 Å². The standard InChI is InChI=1S/C22H40N2O3/c1-9-11-16(4)20(26)24-13-10-12-17(24)21(27)23(8)18(14-15(2)3)19(25)22(5,6)7/h15-18H,9-14H2,1-8H3/t16-,17-,18+/m0/s1. The Balaban J connectivity index is 3.01. The van der Waals surface area contributed by atoms with Crippen molar-refractivity contribution < 1.29 is 14.4 Å². The summed E-state index contributed by atoms with van der Waals surface area (Å²) in [6.07, 6.45) is 3.97. The Bertz CT molecular complexity index is 536. The third-order valence-corrected chi connectivity index (χ3v) is 5.52. The van der Waals surface area contributed by atoms with E-state index in [2.05, 4.69) is 20.8 Å². The molecule has 1 heterocycles. The molecule has 1 aliphatic rings. The number of likely N-dealkylation sites (N-methyl/N-ethyl adjacent to an activating group) is 1. The summed E-state index contributed by atoms with van der Waals surface area (Å²) in [6.45, 7) is 14.5. The van der Waals surface area contributed by atoms with Gasteiger partial charge in [-0.3, -0.25) is 14.4 Å². The third-order valence-electron chi connectivity index (χ3n) is 5.52. The van der Waals surface area contributed by atoms with Gasteiger partial charge >= 0.3 is 0 Å². The van der Waals surface area contributed by atoms with Crippen molar-refractivity contribution in [1.29, 1.82) is 0 Å². The molecule has 0 radical (unpaired) electrons. The minimum atomic E-state index is -0.505. The van der Waals surface area contributed by atoms with Gasteiger partial charge < -0.3 is 9.80 Å². The first-order chi connectivity index (χ1) is 12.4. The van der Waals surface area contributed by atoms with Crippen LogP contribution in [0.3, 0.4) is 0 Å². The second kappa shape index (κ2) is 9.70. The second-order valence-electron chi connectivity index (χ2n) is 9.59. The average Bonchev–Trinajstić information content (AvgIpc) is 3.05. The van der Waals surface area contributed by atoms with E-state index in [1.807, 2.05) is 27.7 Å². The number of carbonyl (C=O) groups is 3. The first-order valence-electron chi connectivity index (χ1n) is 10.5. The molecule has 5 heteroatoms. The minimum Gasteiger partial charge on any atom is -0.334 e. The quantitative estimate of drug-likeness (QED) is 0.642. The van der Waals surface area contributed by atoms with Crippen molar-refractivity contribution in [3.63, 3.8) is 0 Å². The minimum absolute atomic E-state index is 0.0589. The van der Waals surface area contributed by atoms with Crippen LogP contribution < -0.4 is 0 Å². The van der Waals surface area contributed by atoms with E-state index in [-0.39, 0.29) is 23.5 Å². The van der Waals surface area contributed by atoms with Crippen molar-refractivity contribution in [3.8, 4) is 0 Å². The number of hydrogen-bond donors (Lipinski definition) is 0. The molecule has 0 unspecified atom stereocenters. The molecule has 0 aromatic heterocycles. The first-order valence-corrected chi connectivity index (χ1v) is 10.5. The third kappa shape index (κ3) is 6.05. The maximum absolute atomic E-state index is 13.3. The maximum atomic E-state index is 13.3. The number of likely N-dealkylation sites (tertiary alicyclic amines) is 1. The Labute approximate surface area is 165 Å². The van der Waals surface area contributed by atoms with Crippen LogP contribution in [0.2, 0.25) is 0 Å². The normalized spacial score (nSPS) is 19.9. The molecule has 1 aliphatic heterocycles. The van der Waals surface area contributed by atoms with E-state index in [9.17, 15) is 14.4 Å². The number of rotatable bonds is 8. The SMILES string of the molecule is CCC[C@H](C)C(=O)N1CCC[C@H]1C(=O)N(C)[C@H](CC(C)C)C(=O)C(C)(C)C. The molecule has 27 heavy (non-hydrogen) atoms. The van der Waals surface area contributed by atoms with Crippen LogP contribution in [0.25, 0.3) is 0 Å². The molecule has 0 N–H and O–H groups in total. The average molecular weight is 381 g/mol. The van der Waals surface area contributed by atoms with Crippen LogP contribution in [0.5, 0.6) is 0 Å². The molecule has 0 bridgehead atoms. The monoisotopic (exact) mass is 380 g/mol. The second-order valence-corrected chi connectivity index (χ2v) is 9.59. The van der Waals surface area contributed by atoms with Crippen molar-refractivity contribution in [2.75, 3.05) is 13.6 Å². The zero-order valence-corrected chi connectivity index (χ0v) is 18.7. The van der Waals surface area contributed by atoms with Crippen molar-refractivity contribution in [3.05, 3.63) is 0 Å². The molecule has 0 aromatic carbocycles. The molecule has 156 valence electrons. The van der Waals surface area contributed by atoms with Gasteiger partial charge in [-0.25, -0.2) is 0 Å². The van der Waals surface area contributed by atoms with Gasteiger partial charge in [-0.2, -0.15) is 0 Å². The number of hydrogen-bond acceptors (Lipinski definition) is 3. The summed E-state index contributed by atoms with van der Waals surface area (Å²) in [7, 11) is 1.73. The highest BCUT2D eigenvalue weighted by atomic mass is 16.2. The zero-order chi connectivity index (χ0) is 20.9. The van der Waals surface area contributed by atoms with Gasteiger partial charge in [0, 0.05) is 24.9 Å². The van der Waals surface area contributed by atoms with Crippen molar-refractivity contribution in [2.45, 2.75) is 92.7 Å². The van der Waals surface area contributed by atoms with Crippen LogP contribution in [0.1, 0.15) is 80.6 Å². The van der Waals surface area contributed by atoms with Gasteiger partial charge in [-0.05, 0) is 31.6 Å². The molecule has 1 saturated heterocycles. The van der Waals surface area contributed by atoms with Crippen molar-refractivity contribution in [1.82, 2.24) is 9.80 Å². The topological polar surface area (TPSA) is 57.7 Å². The maximum Gasteiger partial charge on any atom is 0.245 e. The fourth-order valence-corrected chi connectivity index (χ4v) is 3.90. The lowest BCUT2D eigenvalue weighted by Gasteiger charge is -2.36. The molecular formula is C22H40N2O3. The molecule has 0 spiro atoms. The zero-order valence-electron chi connectivity index (χ0n) is 18.7. The lowest BCUT2D eigenvalue weighted by atomic mass is 9.83. The van der Waals surface area contributed by atoms with E-state index in [1.54, 1.807) is 16.8 Å². The molecule has 0 aromatic rings. The Morgan fingerprint density at radius 2 is 1.74 bits per heavy atom. The Morgan fingerprint density at radius 3 is 2.22 bits per heavy atom. The molecule has 1 fully saturated rings. The molecule has 3 atom stereocenters. The van der Waals surface area contributed by atoms with Gasteiger partial charge in [0.2, 0.25) is 11.8 Å². The number of amides is 2. The summed E-state index contributed by atoms with van der Waals surface area (Å²) >= 11 is 0. The summed E-state index contributed by atoms with van der Waals surface area (Å²) in [5.41, 5.74) is -0.505. The molecular weight excluding hydrogens is 340 g/mol. The fourth-order valence-electron chi connectivity index (χ4n) is 3.90. The largest absolute Gasteiger partial charge is 0.334 e. The van der Waals surface area contributed by atoms with Gasteiger partial charge in [0.15, 0.2) is 5.78 Å². The van der Waals surface area contributed by atoms with Crippen LogP contribution in [0.15, 0.2) is 0 Å². The van der Waals surface area contributed by atoms with Crippen LogP contribution in [-0.2, 0) is 14.4 Å². The van der Waals surface area contributed by atoms with E-state index in [1.165, 1.54) is 0 Å². The Morgan fingerprint density at radius 1 is 1.15 bits per heavy atom. The number of carbonyl (C=O) groups excluding carboxylic acids is 3. The highest BCUT2D eigenvalue weighted by Gasteiger charge is 2.41. The summed E-state index contributed by atoms with van der Waals surface area (Å²) in [5.74, 6) is 0.317. The van der Waals surface area contributed by atoms with Gasteiger partial charge in [-0.15, -0.1) is 0 Å². The van der Waals surface area contributed by atoms with Gasteiger partial charge in [0.25, 0.3) is 0 Å². The highest BCUT2D eigenvalue weighted by Crippen LogP contribution is 2.27. The van der Waals surface area contributed by atoms with Gasteiger partial charge in [-0.1, -0.05) is 54.9 Å². The number of Topliss-reactive ketones (excluding diaryl/α,β-unsaturated/α-hetero) is 1. The predicted octanol–water partition coefficient (Wildman–Crippen LogP) is 3.90. The van der Waals surface area contributed by atoms with Crippen LogP contribution in [0.4, 0.5) is 0 Å². The van der Waals surface area contributed by atoms with Crippen LogP contribution >= 0.6 is 0 Å². The number of ketones is 1. The summed E-state index contributed by atoms with van der Waals surface area (Å²) < 4.78 is 0. The molecule has 0 saturated carbocycles. The molecule has 0 aliphatic carbocycles. The fraction of sp³-hybridized carbons (Fsp3) is 0.864. The summed E-state index contributed by atoms with van der Waals surface area (Å²) in [4.78, 5) is 42.4. The van der Waals surface area contributed by atoms with Crippen molar-refractivity contribution in [2.24, 2.45) is 17.3 Å². The van der Waals surface area contributed by atoms with Gasteiger partial charge in [0.05, 0.1) is 6.04 Å². The summed E-state index contributed by atoms with van der Waals surface area (Å²) in [5, 5.41) is 0. The van der Waals surface area contributed by atoms with E-state index < -0.39 is 17.5 Å². The van der Waals surface area contributed by atoms with Crippen LogP contribution in [0, 0.1) is 17.3 Å². The van der Waals surface area contributed by atoms with Crippen molar-refractivity contribution >= 4 is 17.6 Å². The van der Waals surface area contributed by atoms with E-state index in [0.29, 0.717) is 25.3 Å².